The number of halogens is 2. The molecule has 3 rings (SSSR count). The lowest BCUT2D eigenvalue weighted by atomic mass is 10.2. The number of aryl methyl sites for hydroxylation is 1. The van der Waals surface area contributed by atoms with Crippen LogP contribution in [0.5, 0.6) is 0 Å². The Morgan fingerprint density at radius 2 is 1.73 bits per heavy atom. The monoisotopic (exact) mass is 495 g/mol. The summed E-state index contributed by atoms with van der Waals surface area (Å²) in [4.78, 5) is 21.0. The van der Waals surface area contributed by atoms with Gasteiger partial charge >= 0.3 is 0 Å². The molecule has 0 fully saturated rings. The maximum absolute atomic E-state index is 14.2. The van der Waals surface area contributed by atoms with E-state index in [1.54, 1.807) is 12.1 Å². The first-order valence-electron chi connectivity index (χ1n) is 10.7. The second kappa shape index (κ2) is 10.7. The van der Waals surface area contributed by atoms with Crippen LogP contribution in [0.2, 0.25) is 0 Å². The van der Waals surface area contributed by atoms with E-state index in [9.17, 15) is 22.0 Å². The maximum atomic E-state index is 14.2. The van der Waals surface area contributed by atoms with Crippen molar-refractivity contribution in [3.8, 4) is 0 Å². The lowest BCUT2D eigenvalue weighted by molar-refractivity contribution is -0.118. The Labute approximate surface area is 196 Å². The Balaban J connectivity index is 1.85. The molecule has 1 amide bonds. The molecule has 0 atom stereocenters. The lowest BCUT2D eigenvalue weighted by Crippen LogP contribution is -2.39. The minimum absolute atomic E-state index is 0.00989. The molecule has 0 unspecified atom stereocenters. The highest BCUT2D eigenvalue weighted by Gasteiger charge is 2.24. The highest BCUT2D eigenvalue weighted by atomic mass is 32.2. The molecule has 0 saturated carbocycles. The van der Waals surface area contributed by atoms with Crippen molar-refractivity contribution < 1.29 is 22.0 Å². The number of sulfone groups is 1. The van der Waals surface area contributed by atoms with Crippen LogP contribution in [0, 0.1) is 18.6 Å². The summed E-state index contributed by atoms with van der Waals surface area (Å²) in [7, 11) is -3.65. The molecule has 33 heavy (non-hydrogen) atoms. The number of aromatic nitrogens is 1. The van der Waals surface area contributed by atoms with Gasteiger partial charge in [-0.1, -0.05) is 42.9 Å². The quantitative estimate of drug-likeness (QED) is 0.416. The smallest absolute Gasteiger partial charge is 0.229 e. The van der Waals surface area contributed by atoms with E-state index < -0.39 is 27.4 Å². The first kappa shape index (κ1) is 25.2. The van der Waals surface area contributed by atoms with Crippen LogP contribution in [0.1, 0.15) is 25.8 Å². The summed E-state index contributed by atoms with van der Waals surface area (Å²) in [6.45, 7) is 8.21. The van der Waals surface area contributed by atoms with Crippen molar-refractivity contribution in [2.75, 3.05) is 36.8 Å². The molecule has 0 saturated heterocycles. The van der Waals surface area contributed by atoms with Gasteiger partial charge in [-0.3, -0.25) is 9.69 Å². The maximum Gasteiger partial charge on any atom is 0.229 e. The first-order chi connectivity index (χ1) is 15.6. The van der Waals surface area contributed by atoms with Crippen LogP contribution < -0.4 is 4.90 Å². The lowest BCUT2D eigenvalue weighted by Gasteiger charge is -2.24. The van der Waals surface area contributed by atoms with Crippen LogP contribution in [0.4, 0.5) is 13.9 Å². The van der Waals surface area contributed by atoms with Gasteiger partial charge in [0.05, 0.1) is 15.3 Å². The molecule has 0 spiro atoms. The standard InChI is InChI=1S/C23H27F2N3O3S2/c1-4-27(5-2)11-12-28(23-26-22-19(25)14-17(24)15-20(22)32-23)21(29)10-13-33(30,31)18-8-6-16(3)7-9-18/h6-9,14-15H,4-5,10-13H2,1-3H3. The Hall–Kier alpha value is -2.43. The van der Waals surface area contributed by atoms with E-state index in [2.05, 4.69) is 9.88 Å². The van der Waals surface area contributed by atoms with E-state index >= 15 is 0 Å². The predicted molar refractivity (Wildman–Crippen MR) is 128 cm³/mol. The zero-order valence-corrected chi connectivity index (χ0v) is 20.5. The number of hydrogen-bond donors (Lipinski definition) is 0. The molecular formula is C23H27F2N3O3S2. The number of carbonyl (C=O) groups is 1. The number of benzene rings is 2. The van der Waals surface area contributed by atoms with Crippen molar-refractivity contribution in [3.63, 3.8) is 0 Å². The third-order valence-electron chi connectivity index (χ3n) is 5.43. The summed E-state index contributed by atoms with van der Waals surface area (Å²) in [5.41, 5.74) is 0.927. The number of anilines is 1. The molecule has 0 radical (unpaired) electrons. The average Bonchev–Trinajstić information content (AvgIpc) is 3.19. The summed E-state index contributed by atoms with van der Waals surface area (Å²) < 4.78 is 53.5. The number of fused-ring (bicyclic) bond motifs is 1. The largest absolute Gasteiger partial charge is 0.302 e. The predicted octanol–water partition coefficient (Wildman–Crippen LogP) is 4.42. The summed E-state index contributed by atoms with van der Waals surface area (Å²) >= 11 is 1.01. The van der Waals surface area contributed by atoms with Gasteiger partial charge < -0.3 is 4.90 Å². The van der Waals surface area contributed by atoms with Crippen molar-refractivity contribution in [1.82, 2.24) is 9.88 Å². The number of hydrogen-bond acceptors (Lipinski definition) is 6. The van der Waals surface area contributed by atoms with Gasteiger partial charge in [-0.2, -0.15) is 0 Å². The fourth-order valence-electron chi connectivity index (χ4n) is 3.39. The van der Waals surface area contributed by atoms with Crippen LogP contribution in [-0.4, -0.2) is 56.1 Å². The number of nitrogens with zero attached hydrogens (tertiary/aromatic N) is 3. The molecule has 0 bridgehead atoms. The Morgan fingerprint density at radius 1 is 1.06 bits per heavy atom. The number of amides is 1. The molecule has 0 aliphatic carbocycles. The van der Waals surface area contributed by atoms with Gasteiger partial charge in [0.2, 0.25) is 5.91 Å². The van der Waals surface area contributed by atoms with E-state index in [1.165, 1.54) is 23.1 Å². The summed E-state index contributed by atoms with van der Waals surface area (Å²) in [5, 5.41) is 0.222. The topological polar surface area (TPSA) is 70.6 Å². The SMILES string of the molecule is CCN(CC)CCN(C(=O)CCS(=O)(=O)c1ccc(C)cc1)c1nc2c(F)cc(F)cc2s1. The number of thiazole rings is 1. The summed E-state index contributed by atoms with van der Waals surface area (Å²) in [6, 6.07) is 8.40. The van der Waals surface area contributed by atoms with Crippen molar-refractivity contribution in [3.05, 3.63) is 53.6 Å². The molecule has 0 aliphatic heterocycles. The highest BCUT2D eigenvalue weighted by molar-refractivity contribution is 7.91. The summed E-state index contributed by atoms with van der Waals surface area (Å²) in [6.07, 6.45) is -0.249. The molecule has 2 aromatic carbocycles. The van der Waals surface area contributed by atoms with Gasteiger partial charge in [0.15, 0.2) is 20.8 Å². The van der Waals surface area contributed by atoms with Gasteiger partial charge in [-0.25, -0.2) is 22.2 Å². The van der Waals surface area contributed by atoms with E-state index in [4.69, 9.17) is 0 Å². The molecule has 1 aromatic heterocycles. The van der Waals surface area contributed by atoms with Crippen LogP contribution in [-0.2, 0) is 14.6 Å². The Kier molecular flexibility index (Phi) is 8.14. The van der Waals surface area contributed by atoms with E-state index in [-0.39, 0.29) is 39.0 Å². The van der Waals surface area contributed by atoms with E-state index in [0.29, 0.717) is 6.54 Å². The minimum Gasteiger partial charge on any atom is -0.302 e. The molecule has 10 heteroatoms. The van der Waals surface area contributed by atoms with Crippen molar-refractivity contribution >= 4 is 42.4 Å². The number of rotatable bonds is 10. The number of likely N-dealkylation sites (N-methyl/N-ethyl adjacent to an activating group) is 1. The third kappa shape index (κ3) is 6.13. The van der Waals surface area contributed by atoms with Crippen LogP contribution >= 0.6 is 11.3 Å². The fourth-order valence-corrected chi connectivity index (χ4v) is 5.67. The zero-order valence-electron chi connectivity index (χ0n) is 18.8. The Bertz CT molecular complexity index is 1220. The van der Waals surface area contributed by atoms with E-state index in [1.807, 2.05) is 20.8 Å². The highest BCUT2D eigenvalue weighted by Crippen LogP contribution is 2.31. The molecule has 178 valence electrons. The minimum atomic E-state index is -3.65. The van der Waals surface area contributed by atoms with Gasteiger partial charge in [-0.05, 0) is 38.2 Å². The van der Waals surface area contributed by atoms with Gasteiger partial charge in [0.25, 0.3) is 0 Å². The first-order valence-corrected chi connectivity index (χ1v) is 13.2. The van der Waals surface area contributed by atoms with Crippen LogP contribution in [0.3, 0.4) is 0 Å². The fraction of sp³-hybridized carbons (Fsp3) is 0.391. The van der Waals surface area contributed by atoms with E-state index in [0.717, 1.165) is 36.1 Å². The van der Waals surface area contributed by atoms with Crippen LogP contribution in [0.15, 0.2) is 41.3 Å². The van der Waals surface area contributed by atoms with Crippen molar-refractivity contribution in [2.45, 2.75) is 32.1 Å². The van der Waals surface area contributed by atoms with Gasteiger partial charge in [0.1, 0.15) is 11.3 Å². The van der Waals surface area contributed by atoms with Crippen molar-refractivity contribution in [2.24, 2.45) is 0 Å². The van der Waals surface area contributed by atoms with Gasteiger partial charge in [-0.15, -0.1) is 0 Å². The normalized spacial score (nSPS) is 11.9. The van der Waals surface area contributed by atoms with Gasteiger partial charge in [0, 0.05) is 25.6 Å². The van der Waals surface area contributed by atoms with Crippen molar-refractivity contribution in [1.29, 1.82) is 0 Å². The molecular weight excluding hydrogens is 468 g/mol. The Morgan fingerprint density at radius 3 is 2.36 bits per heavy atom. The molecule has 0 aliphatic rings. The third-order valence-corrected chi connectivity index (χ3v) is 8.19. The zero-order chi connectivity index (χ0) is 24.2. The molecule has 6 nitrogen and oxygen atoms in total. The average molecular weight is 496 g/mol. The molecule has 3 aromatic rings. The second-order valence-electron chi connectivity index (χ2n) is 7.68. The van der Waals surface area contributed by atoms with Crippen LogP contribution in [0.25, 0.3) is 10.2 Å². The summed E-state index contributed by atoms with van der Waals surface area (Å²) in [5.74, 6) is -2.31. The molecule has 0 N–H and O–H groups in total. The second-order valence-corrected chi connectivity index (χ2v) is 10.8. The number of carbonyl (C=O) groups excluding carboxylic acids is 1. The molecule has 1 heterocycles.